The summed E-state index contributed by atoms with van der Waals surface area (Å²) in [7, 11) is 4.34. The Balaban J connectivity index is 2.28. The molecule has 7 heteroatoms. The standard InChI is InChI=1S/C43H74N2O5/c1-16-21-22-49-36(47)43(33-25-38(6,7)44(14)39(8,9)26-33,34-27-40(10,11)45(15)41(12,13)28-34)37(48)50-29-42(19-4,20-5)32-23-30(17-2)35(46)31(18-3)24-32/h23-24,33-34,46H,16-22,25-29H2,1-15H3. The lowest BCUT2D eigenvalue weighted by Gasteiger charge is -2.60. The van der Waals surface area contributed by atoms with E-state index in [4.69, 9.17) is 9.47 Å². The van der Waals surface area contributed by atoms with Crippen LogP contribution in [0.2, 0.25) is 0 Å². The van der Waals surface area contributed by atoms with Gasteiger partial charge >= 0.3 is 11.9 Å². The molecule has 0 atom stereocenters. The third kappa shape index (κ3) is 7.80. The van der Waals surface area contributed by atoms with Crippen LogP contribution in [0.4, 0.5) is 0 Å². The summed E-state index contributed by atoms with van der Waals surface area (Å²) < 4.78 is 13.0. The highest BCUT2D eigenvalue weighted by Gasteiger charge is 2.66. The van der Waals surface area contributed by atoms with Crippen LogP contribution in [0.1, 0.15) is 158 Å². The molecule has 0 radical (unpaired) electrons. The number of ether oxygens (including phenoxy) is 2. The molecule has 50 heavy (non-hydrogen) atoms. The second kappa shape index (κ2) is 15.5. The lowest BCUT2D eigenvalue weighted by atomic mass is 9.53. The van der Waals surface area contributed by atoms with E-state index in [-0.39, 0.29) is 40.6 Å². The lowest BCUT2D eigenvalue weighted by Crippen LogP contribution is -2.68. The molecule has 0 saturated carbocycles. The smallest absolute Gasteiger partial charge is 0.324 e. The van der Waals surface area contributed by atoms with Gasteiger partial charge in [0.15, 0.2) is 5.41 Å². The number of carbonyl (C=O) groups is 2. The number of likely N-dealkylation sites (tertiary alicyclic amines) is 2. The Hall–Kier alpha value is -2.12. The number of phenols is 1. The van der Waals surface area contributed by atoms with E-state index in [1.165, 1.54) is 0 Å². The lowest BCUT2D eigenvalue weighted by molar-refractivity contribution is -0.198. The number of esters is 2. The van der Waals surface area contributed by atoms with E-state index in [9.17, 15) is 5.11 Å². The summed E-state index contributed by atoms with van der Waals surface area (Å²) >= 11 is 0. The Kier molecular flexibility index (Phi) is 13.1. The zero-order valence-corrected chi connectivity index (χ0v) is 34.8. The minimum atomic E-state index is -1.47. The van der Waals surface area contributed by atoms with Gasteiger partial charge in [0.1, 0.15) is 12.4 Å². The minimum Gasteiger partial charge on any atom is -0.507 e. The molecule has 2 aliphatic heterocycles. The van der Waals surface area contributed by atoms with Gasteiger partial charge in [-0.2, -0.15) is 0 Å². The van der Waals surface area contributed by atoms with Crippen LogP contribution in [0.3, 0.4) is 0 Å². The summed E-state index contributed by atoms with van der Waals surface area (Å²) in [4.78, 5) is 35.5. The van der Waals surface area contributed by atoms with Crippen LogP contribution in [0.15, 0.2) is 12.1 Å². The van der Waals surface area contributed by atoms with Gasteiger partial charge in [0, 0.05) is 27.6 Å². The van der Waals surface area contributed by atoms with Gasteiger partial charge in [-0.1, -0.05) is 53.2 Å². The first kappa shape index (κ1) is 42.3. The van der Waals surface area contributed by atoms with Crippen molar-refractivity contribution in [2.45, 2.75) is 182 Å². The minimum absolute atomic E-state index is 0.165. The number of hydrogen-bond acceptors (Lipinski definition) is 7. The first-order valence-corrected chi connectivity index (χ1v) is 19.7. The Morgan fingerprint density at radius 2 is 1.10 bits per heavy atom. The second-order valence-corrected chi connectivity index (χ2v) is 18.4. The fourth-order valence-electron chi connectivity index (χ4n) is 9.77. The normalized spacial score (nSPS) is 21.6. The number of unbranched alkanes of at least 4 members (excludes halogenated alkanes) is 1. The summed E-state index contributed by atoms with van der Waals surface area (Å²) in [5.41, 5.74) is -0.0457. The van der Waals surface area contributed by atoms with Gasteiger partial charge in [0.2, 0.25) is 0 Å². The van der Waals surface area contributed by atoms with Gasteiger partial charge in [0.05, 0.1) is 6.61 Å². The van der Waals surface area contributed by atoms with Crippen molar-refractivity contribution in [3.8, 4) is 5.75 Å². The first-order valence-electron chi connectivity index (χ1n) is 19.7. The Morgan fingerprint density at radius 1 is 0.720 bits per heavy atom. The molecule has 2 heterocycles. The number of rotatable bonds is 14. The van der Waals surface area contributed by atoms with Gasteiger partial charge in [-0.15, -0.1) is 0 Å². The summed E-state index contributed by atoms with van der Waals surface area (Å²) in [5, 5.41) is 11.0. The Morgan fingerprint density at radius 3 is 1.44 bits per heavy atom. The number of aromatic hydroxyl groups is 1. The van der Waals surface area contributed by atoms with Crippen molar-refractivity contribution in [3.05, 3.63) is 28.8 Å². The van der Waals surface area contributed by atoms with Gasteiger partial charge < -0.3 is 14.6 Å². The molecular weight excluding hydrogens is 624 g/mol. The van der Waals surface area contributed by atoms with Crippen LogP contribution in [0, 0.1) is 17.3 Å². The number of nitrogens with zero attached hydrogens (tertiary/aromatic N) is 2. The van der Waals surface area contributed by atoms with Crippen LogP contribution >= 0.6 is 0 Å². The molecule has 3 rings (SSSR count). The van der Waals surface area contributed by atoms with Crippen molar-refractivity contribution >= 4 is 11.9 Å². The monoisotopic (exact) mass is 699 g/mol. The second-order valence-electron chi connectivity index (χ2n) is 18.4. The molecule has 1 N–H and O–H groups in total. The predicted octanol–water partition coefficient (Wildman–Crippen LogP) is 9.25. The molecule has 0 unspecified atom stereocenters. The van der Waals surface area contributed by atoms with Crippen LogP contribution in [-0.4, -0.2) is 76.3 Å². The summed E-state index contributed by atoms with van der Waals surface area (Å²) in [6, 6.07) is 4.21. The molecule has 2 fully saturated rings. The first-order chi connectivity index (χ1) is 23.1. The van der Waals surface area contributed by atoms with Gasteiger partial charge in [0.25, 0.3) is 0 Å². The third-order valence-electron chi connectivity index (χ3n) is 13.8. The van der Waals surface area contributed by atoms with Crippen LogP contribution in [-0.2, 0) is 37.3 Å². The van der Waals surface area contributed by atoms with E-state index >= 15 is 9.59 Å². The highest BCUT2D eigenvalue weighted by atomic mass is 16.6. The molecular formula is C43H74N2O5. The molecule has 0 spiro atoms. The molecule has 1 aromatic rings. The van der Waals surface area contributed by atoms with Crippen molar-refractivity contribution in [2.75, 3.05) is 27.3 Å². The molecule has 2 aliphatic rings. The zero-order valence-electron chi connectivity index (χ0n) is 34.8. The fourth-order valence-corrected chi connectivity index (χ4v) is 9.77. The van der Waals surface area contributed by atoms with E-state index in [0.717, 1.165) is 42.4 Å². The van der Waals surface area contributed by atoms with Crippen LogP contribution in [0.25, 0.3) is 0 Å². The van der Waals surface area contributed by atoms with Crippen molar-refractivity contribution in [2.24, 2.45) is 17.3 Å². The Labute approximate surface area is 306 Å². The van der Waals surface area contributed by atoms with Crippen LogP contribution < -0.4 is 0 Å². The molecule has 0 aromatic heterocycles. The maximum Gasteiger partial charge on any atom is 0.324 e. The molecule has 0 aliphatic carbocycles. The van der Waals surface area contributed by atoms with E-state index in [2.05, 4.69) is 126 Å². The molecule has 286 valence electrons. The van der Waals surface area contributed by atoms with Crippen molar-refractivity contribution < 1.29 is 24.2 Å². The summed E-state index contributed by atoms with van der Waals surface area (Å²) in [6.07, 6.45) is 7.32. The molecule has 7 nitrogen and oxygen atoms in total. The maximum atomic E-state index is 15.6. The number of aryl methyl sites for hydroxylation is 2. The van der Waals surface area contributed by atoms with Crippen LogP contribution in [0.5, 0.6) is 5.75 Å². The fraction of sp³-hybridized carbons (Fsp3) is 0.814. The summed E-state index contributed by atoms with van der Waals surface area (Å²) in [5.74, 6) is -0.989. The van der Waals surface area contributed by atoms with E-state index in [0.29, 0.717) is 50.9 Å². The largest absolute Gasteiger partial charge is 0.507 e. The average Bonchev–Trinajstić information content (AvgIpc) is 3.03. The number of hydrogen-bond donors (Lipinski definition) is 1. The molecule has 1 aromatic carbocycles. The Bertz CT molecular complexity index is 1240. The highest BCUT2D eigenvalue weighted by Crippen LogP contribution is 2.57. The van der Waals surface area contributed by atoms with E-state index in [1.54, 1.807) is 0 Å². The quantitative estimate of drug-likeness (QED) is 0.118. The molecule has 0 bridgehead atoms. The van der Waals surface area contributed by atoms with Gasteiger partial charge in [-0.05, 0) is 156 Å². The topological polar surface area (TPSA) is 79.3 Å². The SMILES string of the molecule is CCCCOC(=O)C(C(=O)OCC(CC)(CC)c1cc(CC)c(O)c(CC)c1)(C1CC(C)(C)N(C)C(C)(C)C1)C1CC(C)(C)N(C)C(C)(C)C1. The molecule has 0 amide bonds. The number of phenolic OH excluding ortho intramolecular Hbond substituents is 1. The highest BCUT2D eigenvalue weighted by molar-refractivity contribution is 6.01. The predicted molar refractivity (Wildman–Crippen MR) is 206 cm³/mol. The molecule has 2 saturated heterocycles. The van der Waals surface area contributed by atoms with E-state index in [1.807, 2.05) is 0 Å². The average molecular weight is 699 g/mol. The number of carbonyl (C=O) groups excluding carboxylic acids is 2. The van der Waals surface area contributed by atoms with Crippen molar-refractivity contribution in [1.29, 1.82) is 0 Å². The maximum absolute atomic E-state index is 15.6. The van der Waals surface area contributed by atoms with Gasteiger partial charge in [-0.3, -0.25) is 19.4 Å². The number of piperidine rings is 2. The third-order valence-corrected chi connectivity index (χ3v) is 13.8. The number of benzene rings is 1. The van der Waals surface area contributed by atoms with Crippen molar-refractivity contribution in [3.63, 3.8) is 0 Å². The zero-order chi connectivity index (χ0) is 38.1. The van der Waals surface area contributed by atoms with E-state index < -0.39 is 22.8 Å². The van der Waals surface area contributed by atoms with Gasteiger partial charge in [-0.25, -0.2) is 0 Å². The summed E-state index contributed by atoms with van der Waals surface area (Å²) in [6.45, 7) is 28.9. The van der Waals surface area contributed by atoms with Crippen molar-refractivity contribution in [1.82, 2.24) is 9.80 Å².